The number of thioether (sulfide) groups is 1. The van der Waals surface area contributed by atoms with Gasteiger partial charge in [-0.25, -0.2) is 19.6 Å². The number of aromatic nitrogens is 5. The smallest absolute Gasteiger partial charge is 0.287 e. The summed E-state index contributed by atoms with van der Waals surface area (Å²) in [4.78, 5) is 25.5. The number of carbonyl (C=O) groups excluding carboxylic acids is 1. The maximum atomic E-state index is 13.0. The lowest BCUT2D eigenvalue weighted by atomic mass is 10.1. The summed E-state index contributed by atoms with van der Waals surface area (Å²) < 4.78 is 7.70. The number of rotatable bonds is 8. The van der Waals surface area contributed by atoms with E-state index in [0.29, 0.717) is 35.3 Å². The van der Waals surface area contributed by atoms with Gasteiger partial charge < -0.3 is 9.73 Å². The van der Waals surface area contributed by atoms with Gasteiger partial charge in [-0.3, -0.25) is 4.79 Å². The molecule has 1 amide bonds. The number of carbonyl (C=O) groups is 1. The summed E-state index contributed by atoms with van der Waals surface area (Å²) in [5, 5.41) is 8.67. The van der Waals surface area contributed by atoms with E-state index >= 15 is 0 Å². The summed E-state index contributed by atoms with van der Waals surface area (Å²) in [7, 11) is 0. The fourth-order valence-corrected chi connectivity index (χ4v) is 4.28. The monoisotopic (exact) mass is 456 g/mol. The van der Waals surface area contributed by atoms with Crippen molar-refractivity contribution in [1.82, 2.24) is 30.0 Å². The number of amides is 1. The molecular weight excluding hydrogens is 436 g/mol. The molecule has 0 fully saturated rings. The largest absolute Gasteiger partial charge is 0.451 e. The van der Waals surface area contributed by atoms with E-state index in [1.165, 1.54) is 18.1 Å². The second kappa shape index (κ2) is 9.66. The first-order valence-electron chi connectivity index (χ1n) is 10.3. The molecule has 1 N–H and O–H groups in total. The fourth-order valence-electron chi connectivity index (χ4n) is 3.45. The van der Waals surface area contributed by atoms with Crippen molar-refractivity contribution in [3.05, 3.63) is 102 Å². The van der Waals surface area contributed by atoms with Crippen LogP contribution in [0.1, 0.15) is 27.2 Å². The van der Waals surface area contributed by atoms with Gasteiger partial charge in [0.1, 0.15) is 18.2 Å². The fraction of sp³-hybridized carbons (Fsp3) is 0.125. The SMILES string of the molecule is O=C(NCc1ccc(Cn2cncn2)cc1)c1oc2ccccc2c1CSc1ncccn1. The molecule has 0 radical (unpaired) electrons. The number of hydrogen-bond donors (Lipinski definition) is 1. The minimum Gasteiger partial charge on any atom is -0.451 e. The molecule has 9 heteroatoms. The van der Waals surface area contributed by atoms with Crippen molar-refractivity contribution < 1.29 is 9.21 Å². The molecule has 33 heavy (non-hydrogen) atoms. The second-order valence-corrected chi connectivity index (χ2v) is 8.26. The van der Waals surface area contributed by atoms with Crippen LogP contribution in [0.2, 0.25) is 0 Å². The number of fused-ring (bicyclic) bond motifs is 1. The summed E-state index contributed by atoms with van der Waals surface area (Å²) in [6, 6.07) is 17.5. The Labute approximate surface area is 194 Å². The lowest BCUT2D eigenvalue weighted by Gasteiger charge is -2.07. The third-order valence-electron chi connectivity index (χ3n) is 5.08. The van der Waals surface area contributed by atoms with E-state index in [4.69, 9.17) is 4.42 Å². The number of nitrogens with one attached hydrogen (secondary N) is 1. The molecule has 164 valence electrons. The zero-order valence-electron chi connectivity index (χ0n) is 17.6. The predicted octanol–water partition coefficient (Wildman–Crippen LogP) is 4.08. The van der Waals surface area contributed by atoms with Crippen LogP contribution >= 0.6 is 11.8 Å². The van der Waals surface area contributed by atoms with Gasteiger partial charge in [-0.2, -0.15) is 5.10 Å². The molecule has 3 aromatic heterocycles. The number of hydrogen-bond acceptors (Lipinski definition) is 7. The highest BCUT2D eigenvalue weighted by molar-refractivity contribution is 7.98. The van der Waals surface area contributed by atoms with Crippen LogP contribution < -0.4 is 5.32 Å². The molecule has 0 aliphatic carbocycles. The quantitative estimate of drug-likeness (QED) is 0.277. The van der Waals surface area contributed by atoms with Gasteiger partial charge in [0, 0.05) is 35.6 Å². The lowest BCUT2D eigenvalue weighted by Crippen LogP contribution is -2.23. The van der Waals surface area contributed by atoms with Gasteiger partial charge in [0.2, 0.25) is 0 Å². The second-order valence-electron chi connectivity index (χ2n) is 7.32. The van der Waals surface area contributed by atoms with Crippen molar-refractivity contribution in [1.29, 1.82) is 0 Å². The third kappa shape index (κ3) is 4.93. The average molecular weight is 457 g/mol. The van der Waals surface area contributed by atoms with Crippen molar-refractivity contribution in [3.8, 4) is 0 Å². The number of para-hydroxylation sites is 1. The molecule has 0 aliphatic heterocycles. The summed E-state index contributed by atoms with van der Waals surface area (Å²) in [6.45, 7) is 1.05. The Morgan fingerprint density at radius 2 is 1.79 bits per heavy atom. The van der Waals surface area contributed by atoms with Crippen LogP contribution in [0.5, 0.6) is 0 Å². The van der Waals surface area contributed by atoms with Gasteiger partial charge in [0.05, 0.1) is 6.54 Å². The molecule has 0 saturated carbocycles. The standard InChI is InChI=1S/C24H20N6O2S/c31-23(28-12-17-6-8-18(9-7-17)13-30-16-25-15-29-30)22-20(14-33-24-26-10-3-11-27-24)19-4-1-2-5-21(19)32-22/h1-11,15-16H,12-14H2,(H,28,31). The van der Waals surface area contributed by atoms with Crippen LogP contribution in [0.25, 0.3) is 11.0 Å². The Kier molecular flexibility index (Phi) is 6.12. The maximum Gasteiger partial charge on any atom is 0.287 e. The Balaban J connectivity index is 1.28. The topological polar surface area (TPSA) is 98.7 Å². The van der Waals surface area contributed by atoms with Crippen LogP contribution in [-0.2, 0) is 18.8 Å². The lowest BCUT2D eigenvalue weighted by molar-refractivity contribution is 0.0924. The molecule has 3 heterocycles. The Hall–Kier alpha value is -3.98. The van der Waals surface area contributed by atoms with E-state index in [-0.39, 0.29) is 5.91 Å². The summed E-state index contributed by atoms with van der Waals surface area (Å²) in [5.41, 5.74) is 3.62. The van der Waals surface area contributed by atoms with Crippen LogP contribution in [0.15, 0.2) is 89.2 Å². The van der Waals surface area contributed by atoms with Gasteiger partial charge in [0.15, 0.2) is 10.9 Å². The van der Waals surface area contributed by atoms with E-state index in [1.807, 2.05) is 48.5 Å². The molecule has 0 saturated heterocycles. The number of furan rings is 1. The first kappa shape index (κ1) is 20.9. The highest BCUT2D eigenvalue weighted by atomic mass is 32.2. The first-order chi connectivity index (χ1) is 16.3. The van der Waals surface area contributed by atoms with Crippen LogP contribution in [0, 0.1) is 0 Å². The summed E-state index contributed by atoms with van der Waals surface area (Å²) in [5.74, 6) is 0.603. The highest BCUT2D eigenvalue weighted by Gasteiger charge is 2.20. The zero-order chi connectivity index (χ0) is 22.5. The van der Waals surface area contributed by atoms with Crippen LogP contribution in [0.4, 0.5) is 0 Å². The molecular formula is C24H20N6O2S. The Morgan fingerprint density at radius 1 is 1.00 bits per heavy atom. The molecule has 0 spiro atoms. The summed E-state index contributed by atoms with van der Waals surface area (Å²) in [6.07, 6.45) is 6.60. The number of nitrogens with zero attached hydrogens (tertiary/aromatic N) is 5. The van der Waals surface area contributed by atoms with E-state index in [0.717, 1.165) is 22.1 Å². The number of benzene rings is 2. The minimum atomic E-state index is -0.248. The van der Waals surface area contributed by atoms with Crippen LogP contribution in [0.3, 0.4) is 0 Å². The van der Waals surface area contributed by atoms with Crippen molar-refractivity contribution in [2.45, 2.75) is 24.0 Å². The average Bonchev–Trinajstić information content (AvgIpc) is 3.50. The molecule has 5 aromatic rings. The van der Waals surface area contributed by atoms with Crippen molar-refractivity contribution in [2.24, 2.45) is 0 Å². The molecule has 0 unspecified atom stereocenters. The van der Waals surface area contributed by atoms with Gasteiger partial charge >= 0.3 is 0 Å². The Bertz CT molecular complexity index is 1350. The minimum absolute atomic E-state index is 0.248. The van der Waals surface area contributed by atoms with Gasteiger partial charge in [-0.05, 0) is 23.3 Å². The summed E-state index contributed by atoms with van der Waals surface area (Å²) >= 11 is 1.47. The van der Waals surface area contributed by atoms with Crippen molar-refractivity contribution in [2.75, 3.05) is 0 Å². The molecule has 8 nitrogen and oxygen atoms in total. The van der Waals surface area contributed by atoms with E-state index in [2.05, 4.69) is 25.4 Å². The third-order valence-corrected chi connectivity index (χ3v) is 5.98. The van der Waals surface area contributed by atoms with Gasteiger partial charge in [-0.15, -0.1) is 0 Å². The normalized spacial score (nSPS) is 11.0. The zero-order valence-corrected chi connectivity index (χ0v) is 18.4. The Morgan fingerprint density at radius 3 is 2.58 bits per heavy atom. The molecule has 0 aliphatic rings. The maximum absolute atomic E-state index is 13.0. The molecule has 0 atom stereocenters. The molecule has 0 bridgehead atoms. The van der Waals surface area contributed by atoms with E-state index < -0.39 is 0 Å². The first-order valence-corrected chi connectivity index (χ1v) is 11.3. The molecule has 2 aromatic carbocycles. The van der Waals surface area contributed by atoms with Gasteiger partial charge in [0.25, 0.3) is 5.91 Å². The van der Waals surface area contributed by atoms with E-state index in [1.54, 1.807) is 29.5 Å². The van der Waals surface area contributed by atoms with Gasteiger partial charge in [-0.1, -0.05) is 54.2 Å². The van der Waals surface area contributed by atoms with E-state index in [9.17, 15) is 4.79 Å². The van der Waals surface area contributed by atoms with Crippen molar-refractivity contribution in [3.63, 3.8) is 0 Å². The highest BCUT2D eigenvalue weighted by Crippen LogP contribution is 2.31. The van der Waals surface area contributed by atoms with Crippen LogP contribution in [-0.4, -0.2) is 30.6 Å². The predicted molar refractivity (Wildman–Crippen MR) is 125 cm³/mol. The molecule has 5 rings (SSSR count). The van der Waals surface area contributed by atoms with Crippen molar-refractivity contribution >= 4 is 28.6 Å².